The van der Waals surface area contributed by atoms with Gasteiger partial charge in [-0.2, -0.15) is 15.4 Å². The maximum Gasteiger partial charge on any atom is 0.387 e. The van der Waals surface area contributed by atoms with Gasteiger partial charge in [0.15, 0.2) is 11.0 Å². The fourth-order valence-electron chi connectivity index (χ4n) is 1.45. The Morgan fingerprint density at radius 2 is 2.07 bits per heavy atom. The van der Waals surface area contributed by atoms with Crippen molar-refractivity contribution in [3.8, 4) is 0 Å². The van der Waals surface area contributed by atoms with Crippen LogP contribution in [0.4, 0.5) is 5.95 Å². The Hall–Kier alpha value is -1.95. The van der Waals surface area contributed by atoms with Crippen molar-refractivity contribution in [1.82, 2.24) is 20.4 Å². The molecule has 0 saturated carbocycles. The Balaban J connectivity index is 0.000000853. The number of aromatic amines is 2. The first kappa shape index (κ1) is 9.60. The summed E-state index contributed by atoms with van der Waals surface area (Å²) in [7, 11) is 0. The molecule has 0 unspecified atom stereocenters. The molecule has 15 heavy (non-hydrogen) atoms. The number of nitrogen functional groups attached to an aromatic ring is 1. The molecule has 0 atom stereocenters. The highest BCUT2D eigenvalue weighted by Gasteiger charge is 2.09. The monoisotopic (exact) mass is 223 g/mol. The predicted octanol–water partition coefficient (Wildman–Crippen LogP) is 0.324. The van der Waals surface area contributed by atoms with E-state index in [0.29, 0.717) is 5.95 Å². The van der Waals surface area contributed by atoms with Crippen molar-refractivity contribution in [3.63, 3.8) is 0 Å². The minimum atomic E-state index is 0. The molecule has 7 heteroatoms. The molecule has 0 radical (unpaired) electrons. The summed E-state index contributed by atoms with van der Waals surface area (Å²) in [5, 5.41) is 11.5. The van der Waals surface area contributed by atoms with Crippen LogP contribution in [0, 0.1) is 0 Å². The van der Waals surface area contributed by atoms with E-state index < -0.39 is 0 Å². The van der Waals surface area contributed by atoms with E-state index >= 15 is 0 Å². The van der Waals surface area contributed by atoms with Crippen LogP contribution >= 0.6 is 12.4 Å². The summed E-state index contributed by atoms with van der Waals surface area (Å²) in [6, 6.07) is 3.80. The van der Waals surface area contributed by atoms with Crippen molar-refractivity contribution < 1.29 is 4.98 Å². The number of nitrogens with zero attached hydrogens (tertiary/aromatic N) is 3. The molecule has 4 N–H and O–H groups in total. The average molecular weight is 224 g/mol. The number of aromatic nitrogens is 5. The number of fused-ring (bicyclic) bond motifs is 3. The Bertz CT molecular complexity index is 619. The lowest BCUT2D eigenvalue weighted by atomic mass is 10.2. The summed E-state index contributed by atoms with van der Waals surface area (Å²) in [4.78, 5) is 7.02. The molecule has 2 heterocycles. The number of benzene rings is 1. The van der Waals surface area contributed by atoms with E-state index in [4.69, 9.17) is 5.73 Å². The first-order valence-electron chi connectivity index (χ1n) is 4.12. The van der Waals surface area contributed by atoms with Crippen molar-refractivity contribution >= 4 is 40.3 Å². The lowest BCUT2D eigenvalue weighted by Crippen LogP contribution is -2.11. The molecule has 3 rings (SSSR count). The SMILES string of the molecule is Cl.Nc1nc2c(ccc3n[nH]nc32)c[nH+]1. The molecule has 0 aliphatic heterocycles. The number of halogens is 1. The molecule has 2 aromatic heterocycles. The second-order valence-corrected chi connectivity index (χ2v) is 2.98. The van der Waals surface area contributed by atoms with Crippen LogP contribution in [-0.4, -0.2) is 20.4 Å². The maximum absolute atomic E-state index is 5.56. The zero-order chi connectivity index (χ0) is 9.54. The number of H-pyrrole nitrogens is 2. The first-order valence-corrected chi connectivity index (χ1v) is 4.12. The van der Waals surface area contributed by atoms with E-state index in [1.807, 2.05) is 12.1 Å². The van der Waals surface area contributed by atoms with Crippen LogP contribution in [0.1, 0.15) is 0 Å². The number of hydrogen-bond donors (Lipinski definition) is 2. The summed E-state index contributed by atoms with van der Waals surface area (Å²) in [6.07, 6.45) is 1.80. The van der Waals surface area contributed by atoms with Crippen LogP contribution in [0.3, 0.4) is 0 Å². The van der Waals surface area contributed by atoms with Crippen molar-refractivity contribution in [2.75, 3.05) is 5.73 Å². The second kappa shape index (κ2) is 3.32. The first-order chi connectivity index (χ1) is 6.84. The van der Waals surface area contributed by atoms with Gasteiger partial charge in [-0.05, 0) is 12.1 Å². The van der Waals surface area contributed by atoms with Gasteiger partial charge in [0.2, 0.25) is 0 Å². The van der Waals surface area contributed by atoms with Crippen LogP contribution in [0.5, 0.6) is 0 Å². The van der Waals surface area contributed by atoms with Gasteiger partial charge in [0.05, 0.1) is 11.6 Å². The smallest absolute Gasteiger partial charge is 0.287 e. The van der Waals surface area contributed by atoms with Crippen molar-refractivity contribution in [3.05, 3.63) is 18.3 Å². The van der Waals surface area contributed by atoms with E-state index in [1.54, 1.807) is 6.20 Å². The molecular weight excluding hydrogens is 216 g/mol. The van der Waals surface area contributed by atoms with Crippen LogP contribution < -0.4 is 10.7 Å². The molecule has 0 bridgehead atoms. The predicted molar refractivity (Wildman–Crippen MR) is 57.4 cm³/mol. The van der Waals surface area contributed by atoms with Gasteiger partial charge in [0, 0.05) is 0 Å². The van der Waals surface area contributed by atoms with Crippen LogP contribution in [-0.2, 0) is 0 Å². The largest absolute Gasteiger partial charge is 0.387 e. The lowest BCUT2D eigenvalue weighted by Gasteiger charge is -1.91. The van der Waals surface area contributed by atoms with Gasteiger partial charge in [-0.1, -0.05) is 4.98 Å². The highest BCUT2D eigenvalue weighted by molar-refractivity contribution is 6.00. The van der Waals surface area contributed by atoms with Gasteiger partial charge in [0.25, 0.3) is 0 Å². The Morgan fingerprint density at radius 3 is 2.93 bits per heavy atom. The molecule has 0 saturated heterocycles. The topological polar surface area (TPSA) is 94.6 Å². The third-order valence-corrected chi connectivity index (χ3v) is 2.10. The molecule has 0 fully saturated rings. The third kappa shape index (κ3) is 1.35. The number of nitrogens with one attached hydrogen (secondary N) is 2. The van der Waals surface area contributed by atoms with Gasteiger partial charge in [-0.25, -0.2) is 4.98 Å². The zero-order valence-electron chi connectivity index (χ0n) is 7.56. The minimum absolute atomic E-state index is 0. The molecule has 76 valence electrons. The third-order valence-electron chi connectivity index (χ3n) is 2.10. The fraction of sp³-hybridized carbons (Fsp3) is 0. The maximum atomic E-state index is 5.56. The quantitative estimate of drug-likeness (QED) is 0.574. The van der Waals surface area contributed by atoms with E-state index in [0.717, 1.165) is 21.9 Å². The van der Waals surface area contributed by atoms with E-state index in [2.05, 4.69) is 25.4 Å². The zero-order valence-corrected chi connectivity index (χ0v) is 8.38. The number of nitrogens with two attached hydrogens (primary N) is 1. The van der Waals surface area contributed by atoms with Gasteiger partial charge < -0.3 is 0 Å². The van der Waals surface area contributed by atoms with Gasteiger partial charge in [-0.3, -0.25) is 5.73 Å². The van der Waals surface area contributed by atoms with Crippen molar-refractivity contribution in [1.29, 1.82) is 0 Å². The van der Waals surface area contributed by atoms with E-state index in [9.17, 15) is 0 Å². The van der Waals surface area contributed by atoms with Gasteiger partial charge >= 0.3 is 5.95 Å². The standard InChI is InChI=1S/C8H6N6.ClH/c9-8-10-3-4-1-2-5-7(6(4)11-8)13-14-12-5;/h1-3H,(H2,9,10,11)(H,12,13,14);1H/p+1. The molecule has 1 aromatic carbocycles. The number of anilines is 1. The molecule has 0 aliphatic carbocycles. The Morgan fingerprint density at radius 1 is 1.20 bits per heavy atom. The molecule has 0 aliphatic rings. The average Bonchev–Trinajstić information content (AvgIpc) is 2.65. The van der Waals surface area contributed by atoms with Gasteiger partial charge in [-0.15, -0.1) is 12.4 Å². The Labute approximate surface area is 90.3 Å². The normalized spacial score (nSPS) is 10.4. The molecule has 0 spiro atoms. The van der Waals surface area contributed by atoms with E-state index in [-0.39, 0.29) is 12.4 Å². The van der Waals surface area contributed by atoms with Gasteiger partial charge in [0.1, 0.15) is 5.52 Å². The summed E-state index contributed by atoms with van der Waals surface area (Å²) >= 11 is 0. The number of rotatable bonds is 0. The van der Waals surface area contributed by atoms with Crippen LogP contribution in [0.25, 0.3) is 21.9 Å². The van der Waals surface area contributed by atoms with Crippen LogP contribution in [0.2, 0.25) is 0 Å². The lowest BCUT2D eigenvalue weighted by molar-refractivity contribution is -0.362. The molecular formula is C8H8ClN6+. The highest BCUT2D eigenvalue weighted by Crippen LogP contribution is 2.18. The summed E-state index contributed by atoms with van der Waals surface area (Å²) in [5.41, 5.74) is 7.84. The molecule has 3 aromatic rings. The summed E-state index contributed by atoms with van der Waals surface area (Å²) in [6.45, 7) is 0. The summed E-state index contributed by atoms with van der Waals surface area (Å²) < 4.78 is 0. The van der Waals surface area contributed by atoms with Crippen molar-refractivity contribution in [2.45, 2.75) is 0 Å². The van der Waals surface area contributed by atoms with E-state index in [1.165, 1.54) is 0 Å². The highest BCUT2D eigenvalue weighted by atomic mass is 35.5. The fourth-order valence-corrected chi connectivity index (χ4v) is 1.45. The van der Waals surface area contributed by atoms with Crippen molar-refractivity contribution in [2.24, 2.45) is 0 Å². The molecule has 0 amide bonds. The summed E-state index contributed by atoms with van der Waals surface area (Å²) in [5.74, 6) is 0.369. The minimum Gasteiger partial charge on any atom is -0.287 e. The molecule has 6 nitrogen and oxygen atoms in total. The second-order valence-electron chi connectivity index (χ2n) is 2.98. The Kier molecular flexibility index (Phi) is 2.12. The van der Waals surface area contributed by atoms with Crippen LogP contribution in [0.15, 0.2) is 18.3 Å². The number of hydrogen-bond acceptors (Lipinski definition) is 4.